The summed E-state index contributed by atoms with van der Waals surface area (Å²) in [6, 6.07) is 2.53. The Kier molecular flexibility index (Phi) is 3.28. The number of nitrogens with two attached hydrogens (primary N) is 1. The highest BCUT2D eigenvalue weighted by atomic mass is 32.1. The molecular formula is C9H7F4NS. The highest BCUT2D eigenvalue weighted by Gasteiger charge is 2.34. The van der Waals surface area contributed by atoms with Crippen molar-refractivity contribution >= 4 is 18.3 Å². The van der Waals surface area contributed by atoms with E-state index in [1.54, 1.807) is 0 Å². The van der Waals surface area contributed by atoms with Crippen LogP contribution in [0, 0.1) is 5.82 Å². The highest BCUT2D eigenvalue weighted by molar-refractivity contribution is 7.83. The van der Waals surface area contributed by atoms with Gasteiger partial charge in [-0.2, -0.15) is 13.2 Å². The lowest BCUT2D eigenvalue weighted by atomic mass is 10.1. The maximum Gasteiger partial charge on any atom is 0.419 e. The Morgan fingerprint density at radius 3 is 2.40 bits per heavy atom. The summed E-state index contributed by atoms with van der Waals surface area (Å²) in [5.74, 6) is -1.32. The molecule has 0 bridgehead atoms. The van der Waals surface area contributed by atoms with E-state index in [0.29, 0.717) is 6.07 Å². The third-order valence-electron chi connectivity index (χ3n) is 1.74. The van der Waals surface area contributed by atoms with Crippen molar-refractivity contribution in [3.05, 3.63) is 40.6 Å². The average Bonchev–Trinajstić information content (AvgIpc) is 2.15. The highest BCUT2D eigenvalue weighted by Crippen LogP contribution is 2.32. The van der Waals surface area contributed by atoms with Gasteiger partial charge in [-0.1, -0.05) is 0 Å². The molecule has 0 radical (unpaired) electrons. The maximum atomic E-state index is 12.8. The zero-order valence-corrected chi connectivity index (χ0v) is 8.24. The van der Waals surface area contributed by atoms with Crippen LogP contribution >= 0.6 is 12.6 Å². The zero-order chi connectivity index (χ0) is 11.6. The summed E-state index contributed by atoms with van der Waals surface area (Å²) in [5, 5.41) is 1.15. The second-order valence-corrected chi connectivity index (χ2v) is 3.04. The first-order chi connectivity index (χ1) is 6.86. The molecule has 0 fully saturated rings. The minimum Gasteiger partial charge on any atom is -0.398 e. The van der Waals surface area contributed by atoms with Crippen molar-refractivity contribution in [2.24, 2.45) is 5.73 Å². The predicted octanol–water partition coefficient (Wildman–Crippen LogP) is 3.03. The SMILES string of the molecule is N/C(=C\S)c1ccc(F)c(C(F)(F)F)c1. The molecule has 0 aliphatic rings. The van der Waals surface area contributed by atoms with Crippen LogP contribution in [-0.2, 0) is 6.18 Å². The lowest BCUT2D eigenvalue weighted by Crippen LogP contribution is -2.09. The summed E-state index contributed by atoms with van der Waals surface area (Å²) in [7, 11) is 0. The third-order valence-corrected chi connectivity index (χ3v) is 2.02. The van der Waals surface area contributed by atoms with Crippen LogP contribution in [0.15, 0.2) is 23.6 Å². The van der Waals surface area contributed by atoms with Gasteiger partial charge in [0.25, 0.3) is 0 Å². The molecule has 1 rings (SSSR count). The molecule has 1 aromatic rings. The molecule has 0 atom stereocenters. The standard InChI is InChI=1S/C9H7F4NS/c10-7-2-1-5(8(14)4-15)3-6(7)9(11,12)13/h1-4,15H,14H2/b8-4-. The molecule has 6 heteroatoms. The Balaban J connectivity index is 3.29. The van der Waals surface area contributed by atoms with Crippen LogP contribution in [0.3, 0.4) is 0 Å². The van der Waals surface area contributed by atoms with Gasteiger partial charge in [0.1, 0.15) is 5.82 Å². The fraction of sp³-hybridized carbons (Fsp3) is 0.111. The molecule has 1 aromatic carbocycles. The Labute approximate surface area is 89.0 Å². The topological polar surface area (TPSA) is 26.0 Å². The van der Waals surface area contributed by atoms with Crippen LogP contribution in [0.2, 0.25) is 0 Å². The van der Waals surface area contributed by atoms with E-state index in [9.17, 15) is 17.6 Å². The Morgan fingerprint density at radius 2 is 1.93 bits per heavy atom. The van der Waals surface area contributed by atoms with Gasteiger partial charge < -0.3 is 5.73 Å². The first-order valence-corrected chi connectivity index (χ1v) is 4.35. The van der Waals surface area contributed by atoms with Crippen molar-refractivity contribution in [2.75, 3.05) is 0 Å². The van der Waals surface area contributed by atoms with E-state index in [1.807, 2.05) is 0 Å². The van der Waals surface area contributed by atoms with Crippen LogP contribution in [0.25, 0.3) is 5.70 Å². The van der Waals surface area contributed by atoms with Gasteiger partial charge in [-0.15, -0.1) is 12.6 Å². The summed E-state index contributed by atoms with van der Waals surface area (Å²) < 4.78 is 49.7. The Morgan fingerprint density at radius 1 is 1.33 bits per heavy atom. The number of rotatable bonds is 1. The van der Waals surface area contributed by atoms with Crippen LogP contribution in [0.1, 0.15) is 11.1 Å². The van der Waals surface area contributed by atoms with Gasteiger partial charge in [0, 0.05) is 5.70 Å². The molecule has 0 saturated heterocycles. The quantitative estimate of drug-likeness (QED) is 0.570. The molecule has 15 heavy (non-hydrogen) atoms. The Hall–Kier alpha value is -1.17. The fourth-order valence-corrected chi connectivity index (χ4v) is 1.15. The fourth-order valence-electron chi connectivity index (χ4n) is 0.997. The van der Waals surface area contributed by atoms with Crippen LogP contribution in [0.4, 0.5) is 17.6 Å². The number of halogens is 4. The van der Waals surface area contributed by atoms with E-state index in [-0.39, 0.29) is 11.3 Å². The molecule has 82 valence electrons. The first kappa shape index (κ1) is 11.9. The second-order valence-electron chi connectivity index (χ2n) is 2.78. The van der Waals surface area contributed by atoms with E-state index in [1.165, 1.54) is 0 Å². The lowest BCUT2D eigenvalue weighted by molar-refractivity contribution is -0.140. The summed E-state index contributed by atoms with van der Waals surface area (Å²) in [5.41, 5.74) is 4.14. The molecule has 0 spiro atoms. The van der Waals surface area contributed by atoms with Gasteiger partial charge in [0.15, 0.2) is 0 Å². The minimum atomic E-state index is -4.73. The molecule has 0 aliphatic heterocycles. The largest absolute Gasteiger partial charge is 0.419 e. The molecule has 0 saturated carbocycles. The first-order valence-electron chi connectivity index (χ1n) is 3.83. The minimum absolute atomic E-state index is 0.0452. The van der Waals surface area contributed by atoms with Crippen molar-refractivity contribution in [3.63, 3.8) is 0 Å². The molecule has 1 nitrogen and oxygen atoms in total. The summed E-state index contributed by atoms with van der Waals surface area (Å²) in [6.07, 6.45) is -4.73. The van der Waals surface area contributed by atoms with Crippen molar-refractivity contribution in [1.29, 1.82) is 0 Å². The molecule has 0 aromatic heterocycles. The summed E-state index contributed by atoms with van der Waals surface area (Å²) in [4.78, 5) is 0. The molecule has 0 unspecified atom stereocenters. The van der Waals surface area contributed by atoms with Gasteiger partial charge in [-0.25, -0.2) is 4.39 Å². The van der Waals surface area contributed by atoms with Gasteiger partial charge in [0.05, 0.1) is 5.56 Å². The maximum absolute atomic E-state index is 12.8. The van der Waals surface area contributed by atoms with Crippen LogP contribution < -0.4 is 5.73 Å². The molecule has 0 aliphatic carbocycles. The number of thiol groups is 1. The van der Waals surface area contributed by atoms with E-state index in [4.69, 9.17) is 5.73 Å². The summed E-state index contributed by atoms with van der Waals surface area (Å²) in [6.45, 7) is 0. The zero-order valence-electron chi connectivity index (χ0n) is 7.35. The molecule has 2 N–H and O–H groups in total. The van der Waals surface area contributed by atoms with Gasteiger partial charge in [-0.3, -0.25) is 0 Å². The van der Waals surface area contributed by atoms with Gasteiger partial charge in [-0.05, 0) is 29.2 Å². The molecule has 0 amide bonds. The van der Waals surface area contributed by atoms with Crippen molar-refractivity contribution in [3.8, 4) is 0 Å². The monoisotopic (exact) mass is 237 g/mol. The normalized spacial score (nSPS) is 13.0. The van der Waals surface area contributed by atoms with Crippen molar-refractivity contribution in [2.45, 2.75) is 6.18 Å². The van der Waals surface area contributed by atoms with Gasteiger partial charge in [0.2, 0.25) is 0 Å². The van der Waals surface area contributed by atoms with Gasteiger partial charge >= 0.3 is 6.18 Å². The van der Waals surface area contributed by atoms with Crippen LogP contribution in [-0.4, -0.2) is 0 Å². The Bertz CT molecular complexity index is 398. The van der Waals surface area contributed by atoms with E-state index >= 15 is 0 Å². The van der Waals surface area contributed by atoms with E-state index in [0.717, 1.165) is 17.5 Å². The number of benzene rings is 1. The second kappa shape index (κ2) is 4.14. The average molecular weight is 237 g/mol. The molecule has 0 heterocycles. The van der Waals surface area contributed by atoms with Crippen molar-refractivity contribution in [1.82, 2.24) is 0 Å². The van der Waals surface area contributed by atoms with Crippen molar-refractivity contribution < 1.29 is 17.6 Å². The summed E-state index contributed by atoms with van der Waals surface area (Å²) >= 11 is 3.70. The smallest absolute Gasteiger partial charge is 0.398 e. The number of alkyl halides is 3. The van der Waals surface area contributed by atoms with Crippen LogP contribution in [0.5, 0.6) is 0 Å². The number of hydrogen-bond acceptors (Lipinski definition) is 2. The molecular weight excluding hydrogens is 230 g/mol. The predicted molar refractivity (Wildman–Crippen MR) is 52.6 cm³/mol. The van der Waals surface area contributed by atoms with E-state index < -0.39 is 17.6 Å². The third kappa shape index (κ3) is 2.65. The lowest BCUT2D eigenvalue weighted by Gasteiger charge is -2.09. The number of hydrogen-bond donors (Lipinski definition) is 2. The van der Waals surface area contributed by atoms with E-state index in [2.05, 4.69) is 12.6 Å².